The van der Waals surface area contributed by atoms with Gasteiger partial charge in [0.25, 0.3) is 0 Å². The third kappa shape index (κ3) is 5.39. The number of phenolic OH excluding ortho intramolecular Hbond substituents is 1. The van der Waals surface area contributed by atoms with E-state index < -0.39 is 0 Å². The van der Waals surface area contributed by atoms with Crippen LogP contribution in [0.5, 0.6) is 5.75 Å². The number of anilines is 3. The number of carbonyl (C=O) groups is 1. The molecule has 0 aliphatic carbocycles. The molecule has 0 unspecified atom stereocenters. The largest absolute Gasteiger partial charge is 0.505 e. The molecule has 0 atom stereocenters. The van der Waals surface area contributed by atoms with Gasteiger partial charge >= 0.3 is 5.97 Å². The van der Waals surface area contributed by atoms with Crippen molar-refractivity contribution < 1.29 is 14.6 Å². The summed E-state index contributed by atoms with van der Waals surface area (Å²) in [5.74, 6) is -0.128. The Balaban J connectivity index is 2.32. The molecule has 174 valence electrons. The van der Waals surface area contributed by atoms with E-state index in [1.807, 2.05) is 53.4 Å². The summed E-state index contributed by atoms with van der Waals surface area (Å²) < 4.78 is 5.22. The van der Waals surface area contributed by atoms with Crippen LogP contribution in [-0.2, 0) is 15.6 Å². The number of hydrogen-bond acceptors (Lipinski definition) is 4. The molecule has 0 amide bonds. The smallest absolute Gasteiger partial charge is 0.338 e. The Kier molecular flexibility index (Phi) is 6.87. The van der Waals surface area contributed by atoms with Crippen molar-refractivity contribution in [3.8, 4) is 5.75 Å². The molecule has 0 heterocycles. The third-order valence-corrected chi connectivity index (χ3v) is 5.63. The average Bonchev–Trinajstić information content (AvgIpc) is 2.74. The molecule has 4 heteroatoms. The number of phenols is 1. The monoisotopic (exact) mass is 445 g/mol. The van der Waals surface area contributed by atoms with E-state index in [1.54, 1.807) is 13.0 Å². The summed E-state index contributed by atoms with van der Waals surface area (Å²) in [6, 6.07) is 21.4. The van der Waals surface area contributed by atoms with Crippen molar-refractivity contribution >= 4 is 23.0 Å². The quantitative estimate of drug-likeness (QED) is 0.410. The van der Waals surface area contributed by atoms with Crippen molar-refractivity contribution in [2.24, 2.45) is 0 Å². The summed E-state index contributed by atoms with van der Waals surface area (Å²) in [6.45, 7) is 14.9. The number of aromatic hydroxyl groups is 1. The highest BCUT2D eigenvalue weighted by atomic mass is 16.5. The third-order valence-electron chi connectivity index (χ3n) is 5.63. The molecule has 0 saturated carbocycles. The maximum atomic E-state index is 12.4. The van der Waals surface area contributed by atoms with Crippen molar-refractivity contribution in [3.63, 3.8) is 0 Å². The molecule has 0 fully saturated rings. The van der Waals surface area contributed by atoms with Gasteiger partial charge in [-0.25, -0.2) is 4.79 Å². The molecule has 33 heavy (non-hydrogen) atoms. The van der Waals surface area contributed by atoms with Gasteiger partial charge in [0.15, 0.2) is 0 Å². The molecule has 0 aliphatic heterocycles. The van der Waals surface area contributed by atoms with Gasteiger partial charge in [-0.2, -0.15) is 0 Å². The van der Waals surface area contributed by atoms with Gasteiger partial charge in [-0.3, -0.25) is 0 Å². The fourth-order valence-corrected chi connectivity index (χ4v) is 3.79. The van der Waals surface area contributed by atoms with Crippen molar-refractivity contribution in [2.75, 3.05) is 11.5 Å². The normalized spacial score (nSPS) is 11.8. The zero-order chi connectivity index (χ0) is 24.4. The van der Waals surface area contributed by atoms with Crippen LogP contribution in [-0.4, -0.2) is 17.7 Å². The van der Waals surface area contributed by atoms with E-state index in [0.29, 0.717) is 17.9 Å². The van der Waals surface area contributed by atoms with E-state index >= 15 is 0 Å². The number of ether oxygens (including phenoxy) is 1. The first kappa shape index (κ1) is 24.4. The standard InChI is InChI=1S/C29H35NO3/c1-8-33-27(32)20-13-12-16-23(17-20)30(22-14-10-9-11-15-22)25-19-21(28(2,3)4)18-24(26(25)31)29(5,6)7/h9-19,31H,8H2,1-7H3. The van der Waals surface area contributed by atoms with E-state index in [1.165, 1.54) is 0 Å². The summed E-state index contributed by atoms with van der Waals surface area (Å²) in [5.41, 5.74) is 4.45. The minimum absolute atomic E-state index is 0.114. The van der Waals surface area contributed by atoms with Gasteiger partial charge < -0.3 is 14.7 Å². The molecule has 3 aromatic carbocycles. The van der Waals surface area contributed by atoms with Crippen molar-refractivity contribution in [1.29, 1.82) is 0 Å². The van der Waals surface area contributed by atoms with E-state index in [-0.39, 0.29) is 22.5 Å². The molecule has 1 N–H and O–H groups in total. The number of esters is 1. The van der Waals surface area contributed by atoms with Crippen LogP contribution >= 0.6 is 0 Å². The zero-order valence-electron chi connectivity index (χ0n) is 20.8. The van der Waals surface area contributed by atoms with Crippen molar-refractivity contribution in [3.05, 3.63) is 83.4 Å². The minimum Gasteiger partial charge on any atom is -0.505 e. The van der Waals surface area contributed by atoms with E-state index in [2.05, 4.69) is 53.7 Å². The first-order chi connectivity index (χ1) is 15.4. The highest BCUT2D eigenvalue weighted by Gasteiger charge is 2.28. The summed E-state index contributed by atoms with van der Waals surface area (Å²) in [5, 5.41) is 11.5. The Morgan fingerprint density at radius 2 is 1.48 bits per heavy atom. The molecular weight excluding hydrogens is 410 g/mol. The SMILES string of the molecule is CCOC(=O)c1cccc(N(c2ccccc2)c2cc(C(C)(C)C)cc(C(C)(C)C)c2O)c1. The predicted molar refractivity (Wildman–Crippen MR) is 136 cm³/mol. The van der Waals surface area contributed by atoms with Crippen LogP contribution < -0.4 is 4.90 Å². The van der Waals surface area contributed by atoms with Gasteiger partial charge in [-0.05, 0) is 59.7 Å². The van der Waals surface area contributed by atoms with Crippen LogP contribution in [0.2, 0.25) is 0 Å². The maximum Gasteiger partial charge on any atom is 0.338 e. The van der Waals surface area contributed by atoms with Crippen LogP contribution in [0.15, 0.2) is 66.7 Å². The molecule has 0 saturated heterocycles. The molecule has 3 rings (SSSR count). The van der Waals surface area contributed by atoms with Crippen LogP contribution in [0.4, 0.5) is 17.1 Å². The highest BCUT2D eigenvalue weighted by Crippen LogP contribution is 2.46. The van der Waals surface area contributed by atoms with Gasteiger partial charge in [0.2, 0.25) is 0 Å². The lowest BCUT2D eigenvalue weighted by molar-refractivity contribution is 0.0526. The number of benzene rings is 3. The van der Waals surface area contributed by atoms with Gasteiger partial charge in [-0.1, -0.05) is 71.9 Å². The van der Waals surface area contributed by atoms with Crippen LogP contribution in [0.1, 0.15) is 70.0 Å². The topological polar surface area (TPSA) is 49.8 Å². The fraction of sp³-hybridized carbons (Fsp3) is 0.345. The predicted octanol–water partition coefficient (Wildman–Crippen LogP) is 7.63. The van der Waals surface area contributed by atoms with Crippen LogP contribution in [0, 0.1) is 0 Å². The molecule has 0 radical (unpaired) electrons. The Labute approximate surface area is 197 Å². The summed E-state index contributed by atoms with van der Waals surface area (Å²) in [7, 11) is 0. The number of nitrogens with zero attached hydrogens (tertiary/aromatic N) is 1. The number of carbonyl (C=O) groups excluding carboxylic acids is 1. The second kappa shape index (κ2) is 9.30. The molecule has 3 aromatic rings. The summed E-state index contributed by atoms with van der Waals surface area (Å²) >= 11 is 0. The molecule has 4 nitrogen and oxygen atoms in total. The average molecular weight is 446 g/mol. The van der Waals surface area contributed by atoms with Gasteiger partial charge in [0, 0.05) is 16.9 Å². The molecular formula is C29H35NO3. The minimum atomic E-state index is -0.365. The van der Waals surface area contributed by atoms with Crippen molar-refractivity contribution in [2.45, 2.75) is 59.3 Å². The highest BCUT2D eigenvalue weighted by molar-refractivity contribution is 5.92. The summed E-state index contributed by atoms with van der Waals surface area (Å²) in [6.07, 6.45) is 0. The Morgan fingerprint density at radius 1 is 0.848 bits per heavy atom. The zero-order valence-corrected chi connectivity index (χ0v) is 20.8. The Hall–Kier alpha value is -3.27. The number of rotatable bonds is 5. The fourth-order valence-electron chi connectivity index (χ4n) is 3.79. The summed E-state index contributed by atoms with van der Waals surface area (Å²) in [4.78, 5) is 14.4. The van der Waals surface area contributed by atoms with E-state index in [0.717, 1.165) is 22.5 Å². The van der Waals surface area contributed by atoms with Crippen LogP contribution in [0.25, 0.3) is 0 Å². The second-order valence-electron chi connectivity index (χ2n) is 10.3. The number of para-hydroxylation sites is 1. The molecule has 0 spiro atoms. The van der Waals surface area contributed by atoms with Crippen LogP contribution in [0.3, 0.4) is 0 Å². The lowest BCUT2D eigenvalue weighted by Gasteiger charge is -2.32. The molecule has 0 aromatic heterocycles. The Bertz CT molecular complexity index is 1120. The maximum absolute atomic E-state index is 12.4. The lowest BCUT2D eigenvalue weighted by atomic mass is 9.79. The number of hydrogen-bond donors (Lipinski definition) is 1. The van der Waals surface area contributed by atoms with Gasteiger partial charge in [0.1, 0.15) is 5.75 Å². The Morgan fingerprint density at radius 3 is 2.06 bits per heavy atom. The molecule has 0 aliphatic rings. The lowest BCUT2D eigenvalue weighted by Crippen LogP contribution is -2.19. The first-order valence-electron chi connectivity index (χ1n) is 11.4. The van der Waals surface area contributed by atoms with E-state index in [9.17, 15) is 9.90 Å². The first-order valence-corrected chi connectivity index (χ1v) is 11.4. The molecule has 0 bridgehead atoms. The van der Waals surface area contributed by atoms with Crippen molar-refractivity contribution in [1.82, 2.24) is 0 Å². The van der Waals surface area contributed by atoms with E-state index in [4.69, 9.17) is 4.74 Å². The van der Waals surface area contributed by atoms with Gasteiger partial charge in [-0.15, -0.1) is 0 Å². The second-order valence-corrected chi connectivity index (χ2v) is 10.3. The van der Waals surface area contributed by atoms with Gasteiger partial charge in [0.05, 0.1) is 17.9 Å².